The molecule has 1 aromatic carbocycles. The summed E-state index contributed by atoms with van der Waals surface area (Å²) in [6.07, 6.45) is 0. The number of ketones is 1. The summed E-state index contributed by atoms with van der Waals surface area (Å²) >= 11 is 0. The highest BCUT2D eigenvalue weighted by atomic mass is 16.5. The molecule has 0 aliphatic carbocycles. The van der Waals surface area contributed by atoms with Crippen LogP contribution in [0.1, 0.15) is 17.3 Å². The van der Waals surface area contributed by atoms with Gasteiger partial charge in [0.1, 0.15) is 5.75 Å². The van der Waals surface area contributed by atoms with Gasteiger partial charge >= 0.3 is 5.71 Å². The largest absolute Gasteiger partial charge is 0.497 e. The third-order valence-electron chi connectivity index (χ3n) is 1.83. The molecule has 0 atom stereocenters. The number of nitrogens with zero attached hydrogens (tertiary/aromatic N) is 2. The van der Waals surface area contributed by atoms with E-state index in [0.29, 0.717) is 11.3 Å². The molecular weight excluding hydrogens is 180 g/mol. The molecule has 0 fully saturated rings. The highest BCUT2D eigenvalue weighted by Crippen LogP contribution is 2.11. The van der Waals surface area contributed by atoms with Crippen LogP contribution in [0.15, 0.2) is 24.3 Å². The summed E-state index contributed by atoms with van der Waals surface area (Å²) in [6, 6.07) is 6.60. The summed E-state index contributed by atoms with van der Waals surface area (Å²) < 4.78 is 4.94. The smallest absolute Gasteiger partial charge is 0.336 e. The Bertz CT molecular complexity index is 389. The number of methoxy groups -OCH3 is 1. The Labute approximate surface area is 81.7 Å². The van der Waals surface area contributed by atoms with Gasteiger partial charge < -0.3 is 10.3 Å². The molecule has 0 amide bonds. The first-order valence-corrected chi connectivity index (χ1v) is 4.06. The van der Waals surface area contributed by atoms with Crippen LogP contribution in [0.4, 0.5) is 0 Å². The van der Waals surface area contributed by atoms with Crippen LogP contribution in [-0.2, 0) is 0 Å². The van der Waals surface area contributed by atoms with Crippen molar-refractivity contribution in [2.75, 3.05) is 7.11 Å². The number of carbonyl (C=O) groups is 1. The van der Waals surface area contributed by atoms with Gasteiger partial charge in [-0.1, -0.05) is 0 Å². The van der Waals surface area contributed by atoms with Crippen molar-refractivity contribution in [2.45, 2.75) is 6.92 Å². The first-order chi connectivity index (χ1) is 6.69. The SMILES string of the molecule is COc1ccc(C(=O)C(C)=[N+]=[N-])cc1. The second-order valence-electron chi connectivity index (χ2n) is 2.74. The zero-order valence-corrected chi connectivity index (χ0v) is 8.02. The molecule has 0 aliphatic heterocycles. The predicted molar refractivity (Wildman–Crippen MR) is 51.6 cm³/mol. The van der Waals surface area contributed by atoms with E-state index in [4.69, 9.17) is 10.3 Å². The average Bonchev–Trinajstić information content (AvgIpc) is 2.27. The van der Waals surface area contributed by atoms with Crippen molar-refractivity contribution >= 4 is 11.5 Å². The van der Waals surface area contributed by atoms with Crippen LogP contribution in [0, 0.1) is 0 Å². The quantitative estimate of drug-likeness (QED) is 0.314. The number of Topliss-reactive ketones (excluding diaryl/α,β-unsaturated/α-hetero) is 1. The molecule has 0 N–H and O–H groups in total. The van der Waals surface area contributed by atoms with Crippen LogP contribution in [0.25, 0.3) is 5.53 Å². The van der Waals surface area contributed by atoms with E-state index in [-0.39, 0.29) is 11.5 Å². The van der Waals surface area contributed by atoms with E-state index in [0.717, 1.165) is 0 Å². The Morgan fingerprint density at radius 2 is 1.93 bits per heavy atom. The van der Waals surface area contributed by atoms with Gasteiger partial charge in [0.2, 0.25) is 0 Å². The number of rotatable bonds is 3. The van der Waals surface area contributed by atoms with Gasteiger partial charge in [-0.15, -0.1) is 0 Å². The van der Waals surface area contributed by atoms with Crippen molar-refractivity contribution in [1.29, 1.82) is 0 Å². The number of carbonyl (C=O) groups excluding carboxylic acids is 1. The highest BCUT2D eigenvalue weighted by molar-refractivity contribution is 6.43. The maximum Gasteiger partial charge on any atom is 0.336 e. The lowest BCUT2D eigenvalue weighted by atomic mass is 10.1. The second kappa shape index (κ2) is 4.35. The summed E-state index contributed by atoms with van der Waals surface area (Å²) in [6.45, 7) is 1.45. The Balaban J connectivity index is 2.98. The fourth-order valence-corrected chi connectivity index (χ4v) is 0.997. The van der Waals surface area contributed by atoms with Gasteiger partial charge in [0, 0.05) is 12.5 Å². The fraction of sp³-hybridized carbons (Fsp3) is 0.200. The van der Waals surface area contributed by atoms with Crippen molar-refractivity contribution in [1.82, 2.24) is 0 Å². The van der Waals surface area contributed by atoms with Crippen molar-refractivity contribution in [3.63, 3.8) is 0 Å². The molecule has 0 saturated heterocycles. The molecule has 1 rings (SSSR count). The van der Waals surface area contributed by atoms with Crippen LogP contribution in [0.3, 0.4) is 0 Å². The first-order valence-electron chi connectivity index (χ1n) is 4.06. The normalized spacial score (nSPS) is 9.00. The molecule has 0 spiro atoms. The fourth-order valence-electron chi connectivity index (χ4n) is 0.997. The molecule has 0 bridgehead atoms. The Kier molecular flexibility index (Phi) is 3.15. The minimum atomic E-state index is -0.296. The maximum atomic E-state index is 11.4. The summed E-state index contributed by atoms with van der Waals surface area (Å²) in [7, 11) is 1.55. The van der Waals surface area contributed by atoms with Crippen LogP contribution in [0.5, 0.6) is 5.75 Å². The molecule has 0 aromatic heterocycles. The summed E-state index contributed by atoms with van der Waals surface area (Å²) in [5, 5.41) is 0. The predicted octanol–water partition coefficient (Wildman–Crippen LogP) is 1.57. The van der Waals surface area contributed by atoms with Crippen molar-refractivity contribution in [3.05, 3.63) is 35.4 Å². The van der Waals surface area contributed by atoms with Crippen molar-refractivity contribution < 1.29 is 14.3 Å². The van der Waals surface area contributed by atoms with Crippen LogP contribution < -0.4 is 4.74 Å². The third-order valence-corrected chi connectivity index (χ3v) is 1.83. The van der Waals surface area contributed by atoms with Gasteiger partial charge in [-0.2, -0.15) is 4.79 Å². The Morgan fingerprint density at radius 3 is 2.36 bits per heavy atom. The first kappa shape index (κ1) is 10.2. The lowest BCUT2D eigenvalue weighted by Gasteiger charge is -1.99. The molecule has 0 saturated carbocycles. The zero-order valence-electron chi connectivity index (χ0n) is 8.02. The Morgan fingerprint density at radius 1 is 1.36 bits per heavy atom. The summed E-state index contributed by atoms with van der Waals surface area (Å²) in [5.74, 6) is 0.385. The number of benzene rings is 1. The van der Waals surface area contributed by atoms with Gasteiger partial charge in [0.05, 0.1) is 7.11 Å². The van der Waals surface area contributed by atoms with E-state index in [1.165, 1.54) is 6.92 Å². The average molecular weight is 190 g/mol. The van der Waals surface area contributed by atoms with Crippen LogP contribution >= 0.6 is 0 Å². The molecule has 0 heterocycles. The van der Waals surface area contributed by atoms with E-state index in [1.807, 2.05) is 0 Å². The Hall–Kier alpha value is -1.93. The molecule has 0 radical (unpaired) electrons. The molecule has 72 valence electrons. The number of hydrogen-bond donors (Lipinski definition) is 0. The van der Waals surface area contributed by atoms with Gasteiger partial charge in [0.25, 0.3) is 5.78 Å². The van der Waals surface area contributed by atoms with Gasteiger partial charge in [-0.05, 0) is 24.3 Å². The molecule has 1 aromatic rings. The number of hydrogen-bond acceptors (Lipinski definition) is 2. The van der Waals surface area contributed by atoms with Crippen LogP contribution in [0.2, 0.25) is 0 Å². The zero-order chi connectivity index (χ0) is 10.6. The molecule has 4 nitrogen and oxygen atoms in total. The molecular formula is C10H10N2O2. The lowest BCUT2D eigenvalue weighted by Crippen LogP contribution is -2.11. The standard InChI is InChI=1S/C10H10N2O2/c1-7(12-11)10(13)8-3-5-9(14-2)6-4-8/h3-6H,1-2H3. The molecule has 4 heteroatoms. The lowest BCUT2D eigenvalue weighted by molar-refractivity contribution is -0.00678. The minimum Gasteiger partial charge on any atom is -0.497 e. The molecule has 14 heavy (non-hydrogen) atoms. The van der Waals surface area contributed by atoms with E-state index in [1.54, 1.807) is 31.4 Å². The van der Waals surface area contributed by atoms with Crippen molar-refractivity contribution in [3.8, 4) is 5.75 Å². The van der Waals surface area contributed by atoms with E-state index < -0.39 is 0 Å². The van der Waals surface area contributed by atoms with E-state index >= 15 is 0 Å². The van der Waals surface area contributed by atoms with E-state index in [9.17, 15) is 4.79 Å². The third kappa shape index (κ3) is 2.06. The number of ether oxygens (including phenoxy) is 1. The highest BCUT2D eigenvalue weighted by Gasteiger charge is 2.15. The summed E-state index contributed by atoms with van der Waals surface area (Å²) in [4.78, 5) is 14.3. The topological polar surface area (TPSA) is 62.7 Å². The van der Waals surface area contributed by atoms with Gasteiger partial charge in [0.15, 0.2) is 0 Å². The maximum absolute atomic E-state index is 11.4. The van der Waals surface area contributed by atoms with Crippen LogP contribution in [-0.4, -0.2) is 23.4 Å². The van der Waals surface area contributed by atoms with Gasteiger partial charge in [-0.25, -0.2) is 0 Å². The van der Waals surface area contributed by atoms with E-state index in [2.05, 4.69) is 4.79 Å². The molecule has 0 unspecified atom stereocenters. The van der Waals surface area contributed by atoms with Crippen molar-refractivity contribution in [2.24, 2.45) is 0 Å². The summed E-state index contributed by atoms with van der Waals surface area (Å²) in [5.41, 5.74) is 8.95. The van der Waals surface area contributed by atoms with Gasteiger partial charge in [-0.3, -0.25) is 4.79 Å². The monoisotopic (exact) mass is 190 g/mol. The minimum absolute atomic E-state index is 0.0650. The molecule has 0 aliphatic rings. The second-order valence-corrected chi connectivity index (χ2v) is 2.74.